The van der Waals surface area contributed by atoms with Crippen molar-refractivity contribution >= 4 is 21.7 Å². The zero-order valence-corrected chi connectivity index (χ0v) is 19.9. The van der Waals surface area contributed by atoms with E-state index in [0.29, 0.717) is 19.0 Å². The van der Waals surface area contributed by atoms with Crippen molar-refractivity contribution in [2.24, 2.45) is 0 Å². The Morgan fingerprint density at radius 3 is 2.61 bits per heavy atom. The van der Waals surface area contributed by atoms with Crippen LogP contribution in [0.2, 0.25) is 0 Å². The highest BCUT2D eigenvalue weighted by molar-refractivity contribution is 7.90. The SMILES string of the molecule is CN(C)c1ncc(-c2ccc(S(C)(=O)=O)cc2)c(C2CCCN(C(=O)Cn3cccn3)C2)n1. The number of rotatable bonds is 6. The summed E-state index contributed by atoms with van der Waals surface area (Å²) in [5, 5.41) is 4.14. The Hall–Kier alpha value is -3.27. The molecule has 3 heterocycles. The molecule has 0 bridgehead atoms. The van der Waals surface area contributed by atoms with Gasteiger partial charge in [-0.1, -0.05) is 12.1 Å². The van der Waals surface area contributed by atoms with E-state index in [0.717, 1.165) is 29.7 Å². The number of hydrogen-bond donors (Lipinski definition) is 0. The molecule has 10 heteroatoms. The number of benzene rings is 1. The Balaban J connectivity index is 1.65. The van der Waals surface area contributed by atoms with Crippen LogP contribution in [0.25, 0.3) is 11.1 Å². The van der Waals surface area contributed by atoms with Gasteiger partial charge in [-0.25, -0.2) is 18.4 Å². The van der Waals surface area contributed by atoms with E-state index in [9.17, 15) is 13.2 Å². The smallest absolute Gasteiger partial charge is 0.244 e. The number of piperidine rings is 1. The molecule has 9 nitrogen and oxygen atoms in total. The Bertz CT molecular complexity index is 1220. The first-order valence-electron chi connectivity index (χ1n) is 10.8. The fourth-order valence-electron chi connectivity index (χ4n) is 4.08. The summed E-state index contributed by atoms with van der Waals surface area (Å²) in [6, 6.07) is 8.59. The van der Waals surface area contributed by atoms with Crippen LogP contribution in [0.15, 0.2) is 53.8 Å². The largest absolute Gasteiger partial charge is 0.347 e. The van der Waals surface area contributed by atoms with Gasteiger partial charge in [0.2, 0.25) is 11.9 Å². The van der Waals surface area contributed by atoms with Gasteiger partial charge in [-0.3, -0.25) is 9.48 Å². The quantitative estimate of drug-likeness (QED) is 0.547. The lowest BCUT2D eigenvalue weighted by Crippen LogP contribution is -2.41. The normalized spacial score (nSPS) is 16.6. The highest BCUT2D eigenvalue weighted by Gasteiger charge is 2.28. The third kappa shape index (κ3) is 5.22. The van der Waals surface area contributed by atoms with Gasteiger partial charge in [-0.15, -0.1) is 0 Å². The lowest BCUT2D eigenvalue weighted by Gasteiger charge is -2.33. The Kier molecular flexibility index (Phi) is 6.46. The van der Waals surface area contributed by atoms with Gasteiger partial charge < -0.3 is 9.80 Å². The molecule has 1 amide bonds. The van der Waals surface area contributed by atoms with Crippen LogP contribution in [0.1, 0.15) is 24.5 Å². The molecule has 33 heavy (non-hydrogen) atoms. The number of likely N-dealkylation sites (tertiary alicyclic amines) is 1. The first kappa shape index (κ1) is 22.9. The summed E-state index contributed by atoms with van der Waals surface area (Å²) in [5.74, 6) is 0.678. The fourth-order valence-corrected chi connectivity index (χ4v) is 4.71. The van der Waals surface area contributed by atoms with Crippen molar-refractivity contribution in [3.8, 4) is 11.1 Å². The molecule has 0 N–H and O–H groups in total. The van der Waals surface area contributed by atoms with E-state index in [1.54, 1.807) is 53.6 Å². The summed E-state index contributed by atoms with van der Waals surface area (Å²) in [7, 11) is 0.501. The molecule has 174 valence electrons. The molecule has 0 saturated carbocycles. The molecular formula is C23H28N6O3S. The van der Waals surface area contributed by atoms with Crippen molar-refractivity contribution in [1.82, 2.24) is 24.6 Å². The molecule has 1 aliphatic rings. The van der Waals surface area contributed by atoms with Crippen LogP contribution in [-0.4, -0.2) is 72.4 Å². The third-order valence-electron chi connectivity index (χ3n) is 5.82. The molecule has 4 rings (SSSR count). The summed E-state index contributed by atoms with van der Waals surface area (Å²) >= 11 is 0. The second-order valence-electron chi connectivity index (χ2n) is 8.54. The van der Waals surface area contributed by atoms with Gasteiger partial charge >= 0.3 is 0 Å². The topological polar surface area (TPSA) is 101 Å². The first-order valence-corrected chi connectivity index (χ1v) is 12.7. The van der Waals surface area contributed by atoms with Gasteiger partial charge in [0.25, 0.3) is 0 Å². The lowest BCUT2D eigenvalue weighted by molar-refractivity contribution is -0.133. The Labute approximate surface area is 194 Å². The molecule has 0 aliphatic carbocycles. The maximum absolute atomic E-state index is 12.9. The van der Waals surface area contributed by atoms with Gasteiger partial charge in [0, 0.05) is 63.5 Å². The second-order valence-corrected chi connectivity index (χ2v) is 10.6. The van der Waals surface area contributed by atoms with Gasteiger partial charge in [0.05, 0.1) is 10.6 Å². The van der Waals surface area contributed by atoms with Crippen LogP contribution in [-0.2, 0) is 21.2 Å². The number of amides is 1. The van der Waals surface area contributed by atoms with E-state index in [2.05, 4.69) is 10.1 Å². The molecule has 2 aromatic heterocycles. The van der Waals surface area contributed by atoms with E-state index < -0.39 is 9.84 Å². The van der Waals surface area contributed by atoms with E-state index in [1.807, 2.05) is 23.9 Å². The molecule has 1 unspecified atom stereocenters. The second kappa shape index (κ2) is 9.30. The number of sulfone groups is 1. The molecular weight excluding hydrogens is 440 g/mol. The first-order chi connectivity index (χ1) is 15.7. The number of hydrogen-bond acceptors (Lipinski definition) is 7. The average Bonchev–Trinajstić information content (AvgIpc) is 3.31. The highest BCUT2D eigenvalue weighted by Crippen LogP contribution is 2.34. The summed E-state index contributed by atoms with van der Waals surface area (Å²) in [6.07, 6.45) is 8.21. The number of carbonyl (C=O) groups excluding carboxylic acids is 1. The van der Waals surface area contributed by atoms with Crippen LogP contribution in [0.5, 0.6) is 0 Å². The average molecular weight is 469 g/mol. The van der Waals surface area contributed by atoms with Crippen LogP contribution < -0.4 is 4.90 Å². The van der Waals surface area contributed by atoms with Gasteiger partial charge in [0.1, 0.15) is 6.54 Å². The van der Waals surface area contributed by atoms with E-state index >= 15 is 0 Å². The summed E-state index contributed by atoms with van der Waals surface area (Å²) < 4.78 is 25.3. The van der Waals surface area contributed by atoms with Gasteiger partial charge in [0.15, 0.2) is 9.84 Å². The van der Waals surface area contributed by atoms with Crippen molar-refractivity contribution in [2.75, 3.05) is 38.3 Å². The van der Waals surface area contributed by atoms with Crippen LogP contribution in [0.4, 0.5) is 5.95 Å². The Morgan fingerprint density at radius 1 is 1.21 bits per heavy atom. The number of carbonyl (C=O) groups is 1. The van der Waals surface area contributed by atoms with Crippen molar-refractivity contribution in [3.63, 3.8) is 0 Å². The number of anilines is 1. The molecule has 1 fully saturated rings. The molecule has 1 atom stereocenters. The predicted molar refractivity (Wildman–Crippen MR) is 126 cm³/mol. The fraction of sp³-hybridized carbons (Fsp3) is 0.391. The minimum atomic E-state index is -3.28. The lowest BCUT2D eigenvalue weighted by atomic mass is 9.90. The number of aromatic nitrogens is 4. The summed E-state index contributed by atoms with van der Waals surface area (Å²) in [5.41, 5.74) is 2.58. The minimum absolute atomic E-state index is 0.0318. The molecule has 0 spiro atoms. The summed E-state index contributed by atoms with van der Waals surface area (Å²) in [4.78, 5) is 26.2. The molecule has 1 aliphatic heterocycles. The van der Waals surface area contributed by atoms with E-state index in [1.165, 1.54) is 6.26 Å². The zero-order valence-electron chi connectivity index (χ0n) is 19.0. The monoisotopic (exact) mass is 468 g/mol. The van der Waals surface area contributed by atoms with Crippen LogP contribution >= 0.6 is 0 Å². The maximum Gasteiger partial charge on any atom is 0.244 e. The zero-order chi connectivity index (χ0) is 23.6. The van der Waals surface area contributed by atoms with Crippen molar-refractivity contribution < 1.29 is 13.2 Å². The maximum atomic E-state index is 12.9. The predicted octanol–water partition coefficient (Wildman–Crippen LogP) is 2.22. The van der Waals surface area contributed by atoms with E-state index in [-0.39, 0.29) is 23.3 Å². The van der Waals surface area contributed by atoms with Crippen molar-refractivity contribution in [3.05, 3.63) is 54.6 Å². The molecule has 3 aromatic rings. The van der Waals surface area contributed by atoms with Crippen molar-refractivity contribution in [1.29, 1.82) is 0 Å². The molecule has 1 aromatic carbocycles. The van der Waals surface area contributed by atoms with E-state index in [4.69, 9.17) is 4.98 Å². The highest BCUT2D eigenvalue weighted by atomic mass is 32.2. The van der Waals surface area contributed by atoms with Crippen LogP contribution in [0.3, 0.4) is 0 Å². The Morgan fingerprint density at radius 2 is 1.97 bits per heavy atom. The molecule has 1 saturated heterocycles. The van der Waals surface area contributed by atoms with Crippen LogP contribution in [0, 0.1) is 0 Å². The third-order valence-corrected chi connectivity index (χ3v) is 6.94. The van der Waals surface area contributed by atoms with Crippen molar-refractivity contribution in [2.45, 2.75) is 30.2 Å². The summed E-state index contributed by atoms with van der Waals surface area (Å²) in [6.45, 7) is 1.49. The molecule has 0 radical (unpaired) electrons. The van der Waals surface area contributed by atoms with Gasteiger partial charge in [-0.2, -0.15) is 5.10 Å². The number of nitrogens with zero attached hydrogens (tertiary/aromatic N) is 6. The minimum Gasteiger partial charge on any atom is -0.347 e. The van der Waals surface area contributed by atoms with Gasteiger partial charge in [-0.05, 0) is 36.6 Å². The standard InChI is InChI=1S/C23H28N6O3S/c1-27(2)23-24-14-20(17-7-9-19(10-8-17)33(3,31)32)22(26-23)18-6-4-12-28(15-18)21(30)16-29-13-5-11-25-29/h5,7-11,13-14,18H,4,6,12,15-16H2,1-3H3.